The van der Waals surface area contributed by atoms with E-state index >= 15 is 0 Å². The summed E-state index contributed by atoms with van der Waals surface area (Å²) in [6.07, 6.45) is 8.98. The van der Waals surface area contributed by atoms with Crippen molar-refractivity contribution in [2.45, 2.75) is 104 Å². The molecule has 68 heavy (non-hydrogen) atoms. The summed E-state index contributed by atoms with van der Waals surface area (Å²) < 4.78 is 56.8. The molecule has 2 N–H and O–H groups in total. The number of aryl methyl sites for hydroxylation is 4. The molecule has 6 heterocycles. The molecule has 20 nitrogen and oxygen atoms in total. The number of likely N-dealkylation sites (tertiary alicyclic amines) is 2. The number of thioether (sulfide) groups is 1. The van der Waals surface area contributed by atoms with E-state index in [1.165, 1.54) is 26.0 Å². The second-order valence-electron chi connectivity index (χ2n) is 16.8. The summed E-state index contributed by atoms with van der Waals surface area (Å²) in [7, 11) is 0.0210. The molecular formula is C46H66N10O10S2. The number of sulfone groups is 1. The smallest absolute Gasteiger partial charge is 0.410 e. The zero-order valence-electron chi connectivity index (χ0n) is 40.7. The molecule has 2 aliphatic heterocycles. The van der Waals surface area contributed by atoms with Crippen LogP contribution in [0.25, 0.3) is 0 Å². The Kier molecular flexibility index (Phi) is 19.9. The monoisotopic (exact) mass is 982 g/mol. The van der Waals surface area contributed by atoms with E-state index in [0.717, 1.165) is 29.2 Å². The first-order valence-corrected chi connectivity index (χ1v) is 26.1. The number of ether oxygens (including phenoxy) is 6. The number of carbonyl (C=O) groups excluding carboxylic acids is 2. The van der Waals surface area contributed by atoms with Crippen LogP contribution in [-0.2, 0) is 32.2 Å². The first-order chi connectivity index (χ1) is 32.5. The van der Waals surface area contributed by atoms with Gasteiger partial charge in [0.25, 0.3) is 11.8 Å². The minimum atomic E-state index is -3.06. The van der Waals surface area contributed by atoms with E-state index in [0.29, 0.717) is 110 Å². The van der Waals surface area contributed by atoms with Crippen molar-refractivity contribution in [2.24, 2.45) is 0 Å². The number of nitrogens with zero attached hydrogens (tertiary/aromatic N) is 8. The summed E-state index contributed by atoms with van der Waals surface area (Å²) in [4.78, 5) is 53.9. The Balaban J connectivity index is 0.000000255. The third-order valence-corrected chi connectivity index (χ3v) is 12.2. The summed E-state index contributed by atoms with van der Waals surface area (Å²) in [5.41, 5.74) is 4.89. The van der Waals surface area contributed by atoms with Gasteiger partial charge in [-0.2, -0.15) is 21.7 Å². The van der Waals surface area contributed by atoms with Gasteiger partial charge in [0.15, 0.2) is 11.6 Å². The third kappa shape index (κ3) is 16.1. The minimum absolute atomic E-state index is 0.0461. The van der Waals surface area contributed by atoms with Crippen molar-refractivity contribution in [2.75, 3.05) is 75.0 Å². The molecule has 0 spiro atoms. The molecule has 372 valence electrons. The number of carbonyl (C=O) groups is 2. The van der Waals surface area contributed by atoms with Gasteiger partial charge in [-0.25, -0.2) is 28.0 Å². The van der Waals surface area contributed by atoms with Crippen molar-refractivity contribution in [1.29, 1.82) is 0 Å². The molecule has 0 bridgehead atoms. The highest BCUT2D eigenvalue weighted by Crippen LogP contribution is 2.37. The van der Waals surface area contributed by atoms with Crippen LogP contribution in [0.4, 0.5) is 32.6 Å². The maximum Gasteiger partial charge on any atom is 0.410 e. The molecule has 0 unspecified atom stereocenters. The molecule has 2 amide bonds. The quantitative estimate of drug-likeness (QED) is 0.101. The maximum atomic E-state index is 12.1. The molecule has 2 saturated heterocycles. The van der Waals surface area contributed by atoms with Crippen LogP contribution < -0.4 is 29.6 Å². The van der Waals surface area contributed by atoms with Gasteiger partial charge in [-0.3, -0.25) is 9.97 Å². The molecule has 6 rings (SSSR count). The van der Waals surface area contributed by atoms with Crippen molar-refractivity contribution < 1.29 is 46.4 Å². The van der Waals surface area contributed by atoms with Gasteiger partial charge < -0.3 is 48.9 Å². The van der Waals surface area contributed by atoms with Gasteiger partial charge in [-0.1, -0.05) is 0 Å². The molecule has 2 aliphatic rings. The van der Waals surface area contributed by atoms with Crippen LogP contribution >= 0.6 is 11.8 Å². The summed E-state index contributed by atoms with van der Waals surface area (Å²) in [5, 5.41) is 6.50. The predicted octanol–water partition coefficient (Wildman–Crippen LogP) is 7.13. The first kappa shape index (κ1) is 53.1. The summed E-state index contributed by atoms with van der Waals surface area (Å²) in [6, 6.07) is 7.64. The van der Waals surface area contributed by atoms with Gasteiger partial charge in [-0.15, -0.1) is 0 Å². The molecule has 4 aromatic rings. The van der Waals surface area contributed by atoms with Gasteiger partial charge >= 0.3 is 12.2 Å². The number of nitrogens with one attached hydrogen (secondary N) is 2. The van der Waals surface area contributed by atoms with E-state index in [1.54, 1.807) is 34.7 Å². The molecule has 0 atom stereocenters. The maximum absolute atomic E-state index is 12.1. The Bertz CT molecular complexity index is 2400. The molecule has 22 heteroatoms. The molecule has 0 aliphatic carbocycles. The zero-order chi connectivity index (χ0) is 49.4. The highest BCUT2D eigenvalue weighted by atomic mass is 32.2. The standard InChI is InChI=1S/C23H33N5O6S.C23H33N5O4S/c1-15(2)33-23(29)28-11-8-18(9-12-28)34-22-20(32-4)21(24-14-25-22)27-19-7-6-17(26-16(19)3)10-13-35(5,30)31;1-15(2)31-23(29)28-11-8-18(9-12-28)32-22-20(30-4)21(24-14-25-22)27-19-7-6-17(10-13-33-5)26-16(19)3/h6-7,14-15,18H,8-13H2,1-5H3,(H,24,25,27);6-7,14-15,18H,8-13H2,1-5H3,(H,24,25,27). The number of methoxy groups -OCH3 is 2. The first-order valence-electron chi connectivity index (χ1n) is 22.6. The minimum Gasteiger partial charge on any atom is -0.489 e. The topological polar surface area (TPSA) is 232 Å². The Morgan fingerprint density at radius 1 is 0.691 bits per heavy atom. The number of amides is 2. The highest BCUT2D eigenvalue weighted by molar-refractivity contribution is 7.98. The fourth-order valence-corrected chi connectivity index (χ4v) is 8.12. The Morgan fingerprint density at radius 2 is 1.10 bits per heavy atom. The molecule has 0 aromatic carbocycles. The second-order valence-corrected chi connectivity index (χ2v) is 20.1. The van der Waals surface area contributed by atoms with Crippen molar-refractivity contribution in [1.82, 2.24) is 39.7 Å². The van der Waals surface area contributed by atoms with Crippen LogP contribution in [0.5, 0.6) is 23.3 Å². The van der Waals surface area contributed by atoms with E-state index in [9.17, 15) is 18.0 Å². The Morgan fingerprint density at radius 3 is 1.46 bits per heavy atom. The van der Waals surface area contributed by atoms with Crippen LogP contribution in [-0.4, -0.2) is 149 Å². The average molecular weight is 983 g/mol. The molecule has 0 saturated carbocycles. The van der Waals surface area contributed by atoms with Gasteiger partial charge in [-0.05, 0) is 84.2 Å². The van der Waals surface area contributed by atoms with E-state index in [2.05, 4.69) is 46.8 Å². The Labute approximate surface area is 404 Å². The number of anilines is 4. The van der Waals surface area contributed by atoms with Gasteiger partial charge in [0, 0.05) is 75.9 Å². The number of rotatable bonds is 18. The number of aromatic nitrogens is 6. The van der Waals surface area contributed by atoms with E-state index in [1.807, 2.05) is 59.7 Å². The largest absolute Gasteiger partial charge is 0.489 e. The summed E-state index contributed by atoms with van der Waals surface area (Å²) >= 11 is 1.80. The van der Waals surface area contributed by atoms with Crippen molar-refractivity contribution in [3.63, 3.8) is 0 Å². The lowest BCUT2D eigenvalue weighted by atomic mass is 10.1. The normalized spacial score (nSPS) is 14.5. The lowest BCUT2D eigenvalue weighted by molar-refractivity contribution is 0.0491. The van der Waals surface area contributed by atoms with Crippen LogP contribution in [0, 0.1) is 13.8 Å². The van der Waals surface area contributed by atoms with Crippen molar-refractivity contribution in [3.05, 3.63) is 59.7 Å². The number of hydrogen-bond acceptors (Lipinski definition) is 19. The van der Waals surface area contributed by atoms with Gasteiger partial charge in [0.2, 0.25) is 11.5 Å². The summed E-state index contributed by atoms with van der Waals surface area (Å²) in [5.74, 6) is 3.50. The van der Waals surface area contributed by atoms with Crippen molar-refractivity contribution >= 4 is 56.8 Å². The fourth-order valence-electron chi connectivity index (χ4n) is 7.13. The van der Waals surface area contributed by atoms with Gasteiger partial charge in [0.1, 0.15) is 34.7 Å². The van der Waals surface area contributed by atoms with Crippen LogP contribution in [0.1, 0.15) is 76.2 Å². The number of hydrogen-bond donors (Lipinski definition) is 2. The van der Waals surface area contributed by atoms with Crippen LogP contribution in [0.15, 0.2) is 36.9 Å². The van der Waals surface area contributed by atoms with Crippen LogP contribution in [0.2, 0.25) is 0 Å². The molecule has 4 aromatic heterocycles. The third-order valence-electron chi connectivity index (χ3n) is 10.7. The lowest BCUT2D eigenvalue weighted by Gasteiger charge is -2.32. The van der Waals surface area contributed by atoms with E-state index in [4.69, 9.17) is 28.4 Å². The molecular weight excluding hydrogens is 917 g/mol. The summed E-state index contributed by atoms with van der Waals surface area (Å²) in [6.45, 7) is 13.3. The number of pyridine rings is 2. The molecule has 2 fully saturated rings. The lowest BCUT2D eigenvalue weighted by Crippen LogP contribution is -2.42. The predicted molar refractivity (Wildman–Crippen MR) is 261 cm³/mol. The highest BCUT2D eigenvalue weighted by Gasteiger charge is 2.29. The van der Waals surface area contributed by atoms with E-state index < -0.39 is 9.84 Å². The Hall–Kier alpha value is -5.90. The SMILES string of the molecule is COc1c(Nc2ccc(CCS(C)(=O)=O)nc2C)ncnc1OC1CCN(C(=O)OC(C)C)CC1.COc1c(Nc2ccc(CCSC)nc2C)ncnc1OC1CCN(C(=O)OC(C)C)CC1. The number of piperidine rings is 2. The molecule has 0 radical (unpaired) electrons. The zero-order valence-corrected chi connectivity index (χ0v) is 42.4. The average Bonchev–Trinajstić information content (AvgIpc) is 3.29. The fraction of sp³-hybridized carbons (Fsp3) is 0.565. The van der Waals surface area contributed by atoms with E-state index in [-0.39, 0.29) is 42.4 Å². The van der Waals surface area contributed by atoms with Gasteiger partial charge in [0.05, 0.1) is 54.9 Å². The van der Waals surface area contributed by atoms with Crippen molar-refractivity contribution in [3.8, 4) is 23.3 Å². The second kappa shape index (κ2) is 25.5. The van der Waals surface area contributed by atoms with Crippen LogP contribution in [0.3, 0.4) is 0 Å².